The Labute approximate surface area is 249 Å². The Hall–Kier alpha value is -2.08. The highest BCUT2D eigenvalue weighted by Crippen LogP contribution is 2.34. The lowest BCUT2D eigenvalue weighted by molar-refractivity contribution is 0.170. The normalized spacial score (nSPS) is 18.7. The van der Waals surface area contributed by atoms with Crippen molar-refractivity contribution in [3.05, 3.63) is 47.8 Å². The first kappa shape index (κ1) is 29.4. The smallest absolute Gasteiger partial charge is 0.274 e. The van der Waals surface area contributed by atoms with Crippen LogP contribution in [0.4, 0.5) is 5.95 Å². The minimum atomic E-state index is -3.19. The van der Waals surface area contributed by atoms with E-state index in [4.69, 9.17) is 9.72 Å². The van der Waals surface area contributed by atoms with Gasteiger partial charge in [0.1, 0.15) is 11.5 Å². The first-order valence-electron chi connectivity index (χ1n) is 14.3. The summed E-state index contributed by atoms with van der Waals surface area (Å²) in [5, 5.41) is 4.27. The number of sulfone groups is 1. The van der Waals surface area contributed by atoms with Gasteiger partial charge in [0.25, 0.3) is 5.19 Å². The highest BCUT2D eigenvalue weighted by molar-refractivity contribution is 9.09. The number of fused-ring (bicyclic) bond motifs is 1. The second kappa shape index (κ2) is 13.7. The number of ether oxygens (including phenoxy) is 1. The minimum Gasteiger partial charge on any atom is -0.467 e. The van der Waals surface area contributed by atoms with Crippen molar-refractivity contribution in [1.82, 2.24) is 20.3 Å². The van der Waals surface area contributed by atoms with Crippen LogP contribution in [0.2, 0.25) is 0 Å². The summed E-state index contributed by atoms with van der Waals surface area (Å²) >= 11 is 4.97. The van der Waals surface area contributed by atoms with E-state index in [1.807, 2.05) is 24.5 Å². The number of unbranched alkanes of at least 4 members (excludes halogenated alkanes) is 2. The number of piperidine rings is 1. The lowest BCUT2D eigenvalue weighted by atomic mass is 10.00. The molecule has 0 saturated carbocycles. The molecule has 1 aromatic carbocycles. The van der Waals surface area contributed by atoms with E-state index < -0.39 is 15.2 Å². The molecule has 216 valence electrons. The van der Waals surface area contributed by atoms with E-state index in [0.717, 1.165) is 84.2 Å². The quantitative estimate of drug-likeness (QED) is 0.195. The standard InChI is InChI=1S/C29H38BrN5O3S2/c1-2-6-21-19-32-28(33-20-21)35-14-10-24(11-15-35)38-29-34-25-8-7-22(17-26(25)39-29)23-9-13-31-27(18-23)40(36,37)16-5-3-4-12-30/h7-9,17,19-20,24,27,31H,2-6,10-16,18H2,1H3. The third-order valence-corrected chi connectivity index (χ3v) is 11.1. The van der Waals surface area contributed by atoms with Crippen molar-refractivity contribution in [3.63, 3.8) is 0 Å². The highest BCUT2D eigenvalue weighted by Gasteiger charge is 2.28. The number of nitrogens with one attached hydrogen (secondary N) is 1. The van der Waals surface area contributed by atoms with Gasteiger partial charge < -0.3 is 9.64 Å². The second-order valence-electron chi connectivity index (χ2n) is 10.6. The third kappa shape index (κ3) is 7.40. The van der Waals surface area contributed by atoms with Crippen LogP contribution in [0.15, 0.2) is 36.7 Å². The van der Waals surface area contributed by atoms with Crippen LogP contribution >= 0.6 is 27.3 Å². The van der Waals surface area contributed by atoms with Crippen LogP contribution in [-0.4, -0.2) is 65.6 Å². The first-order valence-corrected chi connectivity index (χ1v) is 17.9. The molecule has 0 amide bonds. The van der Waals surface area contributed by atoms with Crippen LogP contribution in [0.1, 0.15) is 63.0 Å². The van der Waals surface area contributed by atoms with Gasteiger partial charge in [-0.1, -0.05) is 59.2 Å². The lowest BCUT2D eigenvalue weighted by Gasteiger charge is -2.31. The number of hydrogen-bond donors (Lipinski definition) is 1. The van der Waals surface area contributed by atoms with E-state index >= 15 is 0 Å². The Balaban J connectivity index is 1.17. The van der Waals surface area contributed by atoms with Gasteiger partial charge in [0.2, 0.25) is 5.95 Å². The van der Waals surface area contributed by atoms with E-state index in [1.165, 1.54) is 5.56 Å². The maximum absolute atomic E-state index is 12.9. The van der Waals surface area contributed by atoms with Gasteiger partial charge in [0.15, 0.2) is 9.84 Å². The molecule has 4 heterocycles. The topological polar surface area (TPSA) is 97.3 Å². The Morgan fingerprint density at radius 2 is 1.95 bits per heavy atom. The Kier molecular flexibility index (Phi) is 10.1. The Bertz CT molecular complexity index is 1400. The summed E-state index contributed by atoms with van der Waals surface area (Å²) in [7, 11) is -3.19. The van der Waals surface area contributed by atoms with E-state index in [0.29, 0.717) is 24.6 Å². The molecule has 0 spiro atoms. The third-order valence-electron chi connectivity index (χ3n) is 7.56. The van der Waals surface area contributed by atoms with Gasteiger partial charge >= 0.3 is 0 Å². The average molecular weight is 649 g/mol. The van der Waals surface area contributed by atoms with Gasteiger partial charge in [0, 0.05) is 56.6 Å². The predicted molar refractivity (Wildman–Crippen MR) is 167 cm³/mol. The van der Waals surface area contributed by atoms with Crippen molar-refractivity contribution in [2.45, 2.75) is 69.8 Å². The molecule has 3 aromatic rings. The lowest BCUT2D eigenvalue weighted by Crippen LogP contribution is -2.40. The van der Waals surface area contributed by atoms with Gasteiger partial charge in [0.05, 0.1) is 16.0 Å². The molecular weight excluding hydrogens is 610 g/mol. The molecule has 0 bridgehead atoms. The number of hydrogen-bond acceptors (Lipinski definition) is 9. The maximum atomic E-state index is 12.9. The molecule has 1 fully saturated rings. The summed E-state index contributed by atoms with van der Waals surface area (Å²) in [6, 6.07) is 6.19. The zero-order valence-electron chi connectivity index (χ0n) is 23.0. The molecule has 2 aromatic heterocycles. The molecule has 1 unspecified atom stereocenters. The number of halogens is 1. The van der Waals surface area contributed by atoms with Crippen molar-refractivity contribution >= 4 is 58.8 Å². The van der Waals surface area contributed by atoms with E-state index in [1.54, 1.807) is 11.3 Å². The van der Waals surface area contributed by atoms with Gasteiger partial charge in [-0.3, -0.25) is 5.32 Å². The van der Waals surface area contributed by atoms with Crippen LogP contribution < -0.4 is 15.0 Å². The van der Waals surface area contributed by atoms with Crippen LogP contribution in [0.5, 0.6) is 5.19 Å². The van der Waals surface area contributed by atoms with Crippen LogP contribution in [0.25, 0.3) is 15.8 Å². The Morgan fingerprint density at radius 3 is 2.70 bits per heavy atom. The SMILES string of the molecule is CCCc1cnc(N2CCC(Oc3nc4ccc(C5=CCNC(S(=O)(=O)CCCCCBr)C5)cc4s3)CC2)nc1. The second-order valence-corrected chi connectivity index (χ2v) is 14.6. The summed E-state index contributed by atoms with van der Waals surface area (Å²) in [6.45, 7) is 4.43. The maximum Gasteiger partial charge on any atom is 0.274 e. The predicted octanol–water partition coefficient (Wildman–Crippen LogP) is 5.77. The molecule has 1 N–H and O–H groups in total. The van der Waals surface area contributed by atoms with Gasteiger partial charge in [-0.2, -0.15) is 0 Å². The Morgan fingerprint density at radius 1 is 1.15 bits per heavy atom. The van der Waals surface area contributed by atoms with E-state index in [9.17, 15) is 8.42 Å². The fourth-order valence-corrected chi connectivity index (χ4v) is 8.27. The largest absolute Gasteiger partial charge is 0.467 e. The number of nitrogens with zero attached hydrogens (tertiary/aromatic N) is 4. The van der Waals surface area contributed by atoms with Crippen molar-refractivity contribution < 1.29 is 13.2 Å². The molecule has 2 aliphatic heterocycles. The van der Waals surface area contributed by atoms with Crippen molar-refractivity contribution in [2.75, 3.05) is 35.6 Å². The number of anilines is 1. The number of thiazole rings is 1. The van der Waals surface area contributed by atoms with E-state index in [-0.39, 0.29) is 11.9 Å². The van der Waals surface area contributed by atoms with Gasteiger partial charge in [-0.05, 0) is 48.1 Å². The van der Waals surface area contributed by atoms with Gasteiger partial charge in [-0.25, -0.2) is 23.4 Å². The van der Waals surface area contributed by atoms with Crippen molar-refractivity contribution in [1.29, 1.82) is 0 Å². The van der Waals surface area contributed by atoms with E-state index in [2.05, 4.69) is 55.2 Å². The monoisotopic (exact) mass is 647 g/mol. The summed E-state index contributed by atoms with van der Waals surface area (Å²) in [6.07, 6.45) is 13.1. The number of benzene rings is 1. The zero-order chi connectivity index (χ0) is 28.0. The molecule has 11 heteroatoms. The molecule has 40 heavy (non-hydrogen) atoms. The molecule has 8 nitrogen and oxygen atoms in total. The number of rotatable bonds is 12. The first-order chi connectivity index (χ1) is 19.4. The van der Waals surface area contributed by atoms with Crippen LogP contribution in [0, 0.1) is 0 Å². The minimum absolute atomic E-state index is 0.114. The van der Waals surface area contributed by atoms with Crippen LogP contribution in [-0.2, 0) is 16.3 Å². The number of aromatic nitrogens is 3. The zero-order valence-corrected chi connectivity index (χ0v) is 26.2. The molecule has 2 aliphatic rings. The summed E-state index contributed by atoms with van der Waals surface area (Å²) < 4.78 is 33.2. The van der Waals surface area contributed by atoms with Crippen molar-refractivity contribution in [2.24, 2.45) is 0 Å². The number of aryl methyl sites for hydroxylation is 1. The van der Waals surface area contributed by atoms with Crippen LogP contribution in [0.3, 0.4) is 0 Å². The highest BCUT2D eigenvalue weighted by atomic mass is 79.9. The average Bonchev–Trinajstić information content (AvgIpc) is 3.38. The van der Waals surface area contributed by atoms with Gasteiger partial charge in [-0.15, -0.1) is 0 Å². The fraction of sp³-hybridized carbons (Fsp3) is 0.552. The summed E-state index contributed by atoms with van der Waals surface area (Å²) in [5.74, 6) is 1.03. The summed E-state index contributed by atoms with van der Waals surface area (Å²) in [5.41, 5.74) is 4.22. The molecule has 1 saturated heterocycles. The molecular formula is C29H38BrN5O3S2. The van der Waals surface area contributed by atoms with Crippen molar-refractivity contribution in [3.8, 4) is 5.19 Å². The summed E-state index contributed by atoms with van der Waals surface area (Å²) in [4.78, 5) is 16.1. The molecule has 5 rings (SSSR count). The molecule has 1 atom stereocenters. The molecule has 0 aliphatic carbocycles. The molecule has 0 radical (unpaired) electrons. The fourth-order valence-electron chi connectivity index (χ4n) is 5.27. The number of alkyl halides is 1.